The van der Waals surface area contributed by atoms with Crippen LogP contribution >= 0.6 is 11.8 Å². The van der Waals surface area contributed by atoms with E-state index in [1.807, 2.05) is 0 Å². The molecular weight excluding hydrogens is 375 g/mol. The van der Waals surface area contributed by atoms with Crippen molar-refractivity contribution in [3.63, 3.8) is 0 Å². The Bertz CT molecular complexity index is 994. The topological polar surface area (TPSA) is 111 Å². The van der Waals surface area contributed by atoms with Crippen LogP contribution in [-0.2, 0) is 4.79 Å². The van der Waals surface area contributed by atoms with Gasteiger partial charge in [0.15, 0.2) is 0 Å². The highest BCUT2D eigenvalue weighted by Gasteiger charge is 2.22. The summed E-state index contributed by atoms with van der Waals surface area (Å²) in [7, 11) is 0. The summed E-state index contributed by atoms with van der Waals surface area (Å²) < 4.78 is 19.2. The fourth-order valence-corrected chi connectivity index (χ4v) is 2.86. The van der Waals surface area contributed by atoms with Gasteiger partial charge in [0.05, 0.1) is 15.7 Å². The van der Waals surface area contributed by atoms with Crippen molar-refractivity contribution in [2.75, 3.05) is 5.32 Å². The van der Waals surface area contributed by atoms with Crippen molar-refractivity contribution in [3.8, 4) is 11.5 Å². The van der Waals surface area contributed by atoms with Crippen molar-refractivity contribution in [2.45, 2.75) is 17.4 Å². The van der Waals surface area contributed by atoms with Gasteiger partial charge in [0, 0.05) is 6.07 Å². The normalized spacial score (nSPS) is 11.8. The highest BCUT2D eigenvalue weighted by Crippen LogP contribution is 2.29. The molecule has 0 saturated carbocycles. The Labute approximate surface area is 156 Å². The number of nitro benzene ring substituents is 1. The summed E-state index contributed by atoms with van der Waals surface area (Å²) in [5.74, 6) is -0.971. The van der Waals surface area contributed by atoms with Crippen LogP contribution in [0.25, 0.3) is 11.5 Å². The van der Waals surface area contributed by atoms with Crippen molar-refractivity contribution in [3.05, 3.63) is 64.5 Å². The summed E-state index contributed by atoms with van der Waals surface area (Å²) in [5, 5.41) is 20.5. The number of hydrogen-bond donors (Lipinski definition) is 1. The average molecular weight is 388 g/mol. The van der Waals surface area contributed by atoms with E-state index < -0.39 is 21.9 Å². The maximum atomic E-state index is 13.8. The third kappa shape index (κ3) is 4.29. The van der Waals surface area contributed by atoms with Gasteiger partial charge in [0.2, 0.25) is 5.91 Å². The van der Waals surface area contributed by atoms with E-state index in [1.165, 1.54) is 30.3 Å². The fourth-order valence-electron chi connectivity index (χ4n) is 2.18. The number of amides is 1. The van der Waals surface area contributed by atoms with Gasteiger partial charge in [-0.15, -0.1) is 10.2 Å². The first kappa shape index (κ1) is 18.5. The number of aromatic nitrogens is 2. The summed E-state index contributed by atoms with van der Waals surface area (Å²) >= 11 is 0.962. The number of hydrogen-bond acceptors (Lipinski definition) is 7. The number of thioether (sulfide) groups is 1. The molecule has 1 heterocycles. The van der Waals surface area contributed by atoms with E-state index in [0.29, 0.717) is 0 Å². The smallest absolute Gasteiger partial charge is 0.292 e. The van der Waals surface area contributed by atoms with Crippen LogP contribution in [0.3, 0.4) is 0 Å². The van der Waals surface area contributed by atoms with Gasteiger partial charge in [-0.3, -0.25) is 14.9 Å². The Balaban J connectivity index is 1.69. The molecule has 0 aliphatic heterocycles. The number of carbonyl (C=O) groups is 1. The number of rotatable bonds is 6. The predicted molar refractivity (Wildman–Crippen MR) is 96.7 cm³/mol. The van der Waals surface area contributed by atoms with E-state index in [2.05, 4.69) is 15.5 Å². The molecule has 0 aliphatic rings. The van der Waals surface area contributed by atoms with Crippen molar-refractivity contribution >= 4 is 29.0 Å². The number of benzene rings is 2. The highest BCUT2D eigenvalue weighted by molar-refractivity contribution is 8.00. The Morgan fingerprint density at radius 3 is 2.67 bits per heavy atom. The molecule has 0 spiro atoms. The summed E-state index contributed by atoms with van der Waals surface area (Å²) in [4.78, 5) is 22.8. The molecule has 0 fully saturated rings. The van der Waals surface area contributed by atoms with Gasteiger partial charge in [-0.25, -0.2) is 4.39 Å². The Morgan fingerprint density at radius 1 is 1.22 bits per heavy atom. The molecule has 0 saturated heterocycles. The third-order valence-corrected chi connectivity index (χ3v) is 4.45. The zero-order valence-electron chi connectivity index (χ0n) is 14.0. The second-order valence-electron chi connectivity index (χ2n) is 5.38. The van der Waals surface area contributed by atoms with E-state index in [1.54, 1.807) is 25.1 Å². The molecule has 1 amide bonds. The third-order valence-electron chi connectivity index (χ3n) is 3.52. The molecule has 10 heteroatoms. The molecule has 3 aromatic rings. The van der Waals surface area contributed by atoms with Crippen molar-refractivity contribution in [1.82, 2.24) is 10.2 Å². The molecule has 138 valence electrons. The minimum Gasteiger partial charge on any atom is -0.411 e. The molecule has 1 aromatic heterocycles. The summed E-state index contributed by atoms with van der Waals surface area (Å²) in [6.07, 6.45) is 0. The first-order valence-corrected chi connectivity index (χ1v) is 8.63. The maximum absolute atomic E-state index is 13.8. The number of nitrogens with one attached hydrogen (secondary N) is 1. The number of carbonyl (C=O) groups excluding carboxylic acids is 1. The highest BCUT2D eigenvalue weighted by atomic mass is 32.2. The van der Waals surface area contributed by atoms with Crippen LogP contribution in [0, 0.1) is 15.9 Å². The predicted octanol–water partition coefficient (Wildman–Crippen LogP) is 3.90. The first-order chi connectivity index (χ1) is 13.0. The van der Waals surface area contributed by atoms with Crippen LogP contribution in [0.5, 0.6) is 0 Å². The molecule has 8 nitrogen and oxygen atoms in total. The molecule has 1 atom stereocenters. The Kier molecular flexibility index (Phi) is 5.46. The maximum Gasteiger partial charge on any atom is 0.292 e. The lowest BCUT2D eigenvalue weighted by atomic mass is 10.2. The van der Waals surface area contributed by atoms with Crippen LogP contribution in [-0.4, -0.2) is 26.3 Å². The molecule has 1 N–H and O–H groups in total. The standard InChI is InChI=1S/C17H13FN4O4S/c1-10(15(23)19-13-8-4-5-9-14(13)22(24)25)27-17-21-20-16(26-17)11-6-2-3-7-12(11)18/h2-10H,1H3,(H,19,23)/t10-/m0/s1. The summed E-state index contributed by atoms with van der Waals surface area (Å²) in [5.41, 5.74) is 0.0501. The molecular formula is C17H13FN4O4S. The lowest BCUT2D eigenvalue weighted by Gasteiger charge is -2.10. The van der Waals surface area contributed by atoms with E-state index in [0.717, 1.165) is 11.8 Å². The quantitative estimate of drug-likeness (QED) is 0.387. The average Bonchev–Trinajstić information content (AvgIpc) is 3.10. The minimum atomic E-state index is -0.682. The molecule has 27 heavy (non-hydrogen) atoms. The van der Waals surface area contributed by atoms with E-state index in [-0.39, 0.29) is 28.1 Å². The van der Waals surface area contributed by atoms with E-state index in [9.17, 15) is 19.3 Å². The second-order valence-corrected chi connectivity index (χ2v) is 6.67. The molecule has 2 aromatic carbocycles. The number of nitro groups is 1. The zero-order valence-corrected chi connectivity index (χ0v) is 14.8. The number of anilines is 1. The molecule has 0 aliphatic carbocycles. The van der Waals surface area contributed by atoms with Gasteiger partial charge >= 0.3 is 0 Å². The van der Waals surface area contributed by atoms with E-state index >= 15 is 0 Å². The van der Waals surface area contributed by atoms with Gasteiger partial charge in [-0.2, -0.15) is 0 Å². The fraction of sp³-hybridized carbons (Fsp3) is 0.118. The summed E-state index contributed by atoms with van der Waals surface area (Å²) in [6.45, 7) is 1.59. The molecule has 0 unspecified atom stereocenters. The molecule has 0 bridgehead atoms. The number of nitrogens with zero attached hydrogens (tertiary/aromatic N) is 3. The minimum absolute atomic E-state index is 0.00176. The SMILES string of the molecule is C[C@H](Sc1nnc(-c2ccccc2F)o1)C(=O)Nc1ccccc1[N+](=O)[O-]. The summed E-state index contributed by atoms with van der Waals surface area (Å²) in [6, 6.07) is 11.8. The van der Waals surface area contributed by atoms with Crippen LogP contribution in [0.4, 0.5) is 15.8 Å². The van der Waals surface area contributed by atoms with Gasteiger partial charge in [0.1, 0.15) is 11.5 Å². The Hall–Kier alpha value is -3.27. The van der Waals surface area contributed by atoms with Crippen molar-refractivity contribution < 1.29 is 18.5 Å². The number of halogens is 1. The zero-order chi connectivity index (χ0) is 19.4. The monoisotopic (exact) mass is 388 g/mol. The van der Waals surface area contributed by atoms with Crippen LogP contribution in [0.15, 0.2) is 58.2 Å². The van der Waals surface area contributed by atoms with Gasteiger partial charge in [-0.05, 0) is 25.1 Å². The van der Waals surface area contributed by atoms with Crippen molar-refractivity contribution in [1.29, 1.82) is 0 Å². The van der Waals surface area contributed by atoms with Crippen LogP contribution in [0.1, 0.15) is 6.92 Å². The first-order valence-electron chi connectivity index (χ1n) is 7.75. The van der Waals surface area contributed by atoms with Crippen LogP contribution < -0.4 is 5.32 Å². The second kappa shape index (κ2) is 7.96. The molecule has 3 rings (SSSR count). The van der Waals surface area contributed by atoms with E-state index in [4.69, 9.17) is 4.42 Å². The van der Waals surface area contributed by atoms with Gasteiger partial charge < -0.3 is 9.73 Å². The lowest BCUT2D eigenvalue weighted by Crippen LogP contribution is -2.22. The van der Waals surface area contributed by atoms with Crippen LogP contribution in [0.2, 0.25) is 0 Å². The van der Waals surface area contributed by atoms with Crippen molar-refractivity contribution in [2.24, 2.45) is 0 Å². The van der Waals surface area contributed by atoms with Gasteiger partial charge in [-0.1, -0.05) is 36.0 Å². The van der Waals surface area contributed by atoms with Gasteiger partial charge in [0.25, 0.3) is 16.8 Å². The largest absolute Gasteiger partial charge is 0.411 e. The number of para-hydroxylation sites is 2. The lowest BCUT2D eigenvalue weighted by molar-refractivity contribution is -0.383. The Morgan fingerprint density at radius 2 is 1.93 bits per heavy atom. The molecule has 0 radical (unpaired) electrons.